The average molecular weight is 326 g/mol. The summed E-state index contributed by atoms with van der Waals surface area (Å²) in [6, 6.07) is 21.9. The van der Waals surface area contributed by atoms with E-state index in [0.29, 0.717) is 10.7 Å². The molecule has 0 spiro atoms. The Morgan fingerprint density at radius 1 is 0.727 bits per heavy atom. The molecule has 1 nitrogen and oxygen atoms in total. The second-order valence-electron chi connectivity index (χ2n) is 5.49. The second-order valence-corrected chi connectivity index (χ2v) is 6.46. The van der Waals surface area contributed by atoms with Gasteiger partial charge in [0.1, 0.15) is 4.87 Å². The van der Waals surface area contributed by atoms with Gasteiger partial charge in [-0.3, -0.25) is 0 Å². The molecule has 0 fully saturated rings. The standard InChI is InChI=1S/C19H13Cl2N/c20-18-11-12(22)9-10-17(18)19(21)15-7-3-1-5-13(15)14-6-2-4-8-16(14)19/h1-11H,22H2. The fourth-order valence-corrected chi connectivity index (χ4v) is 4.16. The number of anilines is 1. The Morgan fingerprint density at radius 2 is 1.27 bits per heavy atom. The summed E-state index contributed by atoms with van der Waals surface area (Å²) in [5.74, 6) is 0. The summed E-state index contributed by atoms with van der Waals surface area (Å²) in [7, 11) is 0. The number of halogens is 2. The predicted molar refractivity (Wildman–Crippen MR) is 93.5 cm³/mol. The number of benzene rings is 3. The van der Waals surface area contributed by atoms with E-state index in [-0.39, 0.29) is 0 Å². The Morgan fingerprint density at radius 3 is 1.82 bits per heavy atom. The molecule has 0 saturated carbocycles. The molecule has 0 heterocycles. The molecular formula is C19H13Cl2N. The van der Waals surface area contributed by atoms with Gasteiger partial charge in [-0.1, -0.05) is 66.2 Å². The Bertz CT molecular complexity index is 841. The van der Waals surface area contributed by atoms with Crippen molar-refractivity contribution in [3.8, 4) is 11.1 Å². The van der Waals surface area contributed by atoms with Crippen LogP contribution in [0.4, 0.5) is 5.69 Å². The van der Waals surface area contributed by atoms with Crippen LogP contribution in [0.5, 0.6) is 0 Å². The number of hydrogen-bond acceptors (Lipinski definition) is 1. The van der Waals surface area contributed by atoms with Crippen molar-refractivity contribution >= 4 is 28.9 Å². The summed E-state index contributed by atoms with van der Waals surface area (Å²) in [4.78, 5) is -0.780. The third-order valence-corrected chi connectivity index (χ3v) is 5.17. The molecule has 0 unspecified atom stereocenters. The second kappa shape index (κ2) is 4.77. The molecule has 0 aliphatic heterocycles. The van der Waals surface area contributed by atoms with Gasteiger partial charge in [0.25, 0.3) is 0 Å². The van der Waals surface area contributed by atoms with E-state index in [1.165, 1.54) is 0 Å². The predicted octanol–water partition coefficient (Wildman–Crippen LogP) is 5.43. The third-order valence-electron chi connectivity index (χ3n) is 4.25. The van der Waals surface area contributed by atoms with E-state index >= 15 is 0 Å². The lowest BCUT2D eigenvalue weighted by Crippen LogP contribution is -2.19. The van der Waals surface area contributed by atoms with Gasteiger partial charge >= 0.3 is 0 Å². The summed E-state index contributed by atoms with van der Waals surface area (Å²) < 4.78 is 0. The van der Waals surface area contributed by atoms with Crippen molar-refractivity contribution in [3.63, 3.8) is 0 Å². The third kappa shape index (κ3) is 1.73. The lowest BCUT2D eigenvalue weighted by atomic mass is 9.88. The minimum absolute atomic E-state index is 0.585. The normalized spacial score (nSPS) is 14.5. The van der Waals surface area contributed by atoms with Crippen LogP contribution >= 0.6 is 23.2 Å². The van der Waals surface area contributed by atoms with E-state index in [0.717, 1.165) is 27.8 Å². The number of hydrogen-bond donors (Lipinski definition) is 1. The highest BCUT2D eigenvalue weighted by molar-refractivity contribution is 6.36. The maximum atomic E-state index is 7.19. The largest absolute Gasteiger partial charge is 0.399 e. The fourth-order valence-electron chi connectivity index (χ4n) is 3.28. The maximum Gasteiger partial charge on any atom is 0.122 e. The molecule has 1 aliphatic carbocycles. The van der Waals surface area contributed by atoms with Crippen LogP contribution in [0.25, 0.3) is 11.1 Å². The van der Waals surface area contributed by atoms with Crippen molar-refractivity contribution in [1.29, 1.82) is 0 Å². The van der Waals surface area contributed by atoms with Gasteiger partial charge in [0.05, 0.1) is 0 Å². The Labute approximate surface area is 139 Å². The molecule has 0 aromatic heterocycles. The van der Waals surface area contributed by atoms with Gasteiger partial charge in [-0.2, -0.15) is 0 Å². The fraction of sp³-hybridized carbons (Fsp3) is 0.0526. The zero-order valence-electron chi connectivity index (χ0n) is 11.7. The van der Waals surface area contributed by atoms with Crippen molar-refractivity contribution in [2.45, 2.75) is 4.87 Å². The van der Waals surface area contributed by atoms with Gasteiger partial charge in [0.2, 0.25) is 0 Å². The first-order valence-electron chi connectivity index (χ1n) is 7.06. The molecule has 3 aromatic rings. The van der Waals surface area contributed by atoms with Crippen LogP contribution in [0, 0.1) is 0 Å². The van der Waals surface area contributed by atoms with Crippen LogP contribution in [0.3, 0.4) is 0 Å². The highest BCUT2D eigenvalue weighted by Gasteiger charge is 2.43. The molecule has 22 heavy (non-hydrogen) atoms. The molecule has 3 heteroatoms. The van der Waals surface area contributed by atoms with E-state index in [1.54, 1.807) is 6.07 Å². The quantitative estimate of drug-likeness (QED) is 0.468. The van der Waals surface area contributed by atoms with Gasteiger partial charge in [-0.25, -0.2) is 0 Å². The van der Waals surface area contributed by atoms with Gasteiger partial charge < -0.3 is 5.73 Å². The van der Waals surface area contributed by atoms with Gasteiger partial charge in [0.15, 0.2) is 0 Å². The highest BCUT2D eigenvalue weighted by Crippen LogP contribution is 2.56. The van der Waals surface area contributed by atoms with Crippen LogP contribution in [-0.4, -0.2) is 0 Å². The molecule has 4 rings (SSSR count). The molecule has 1 aliphatic rings. The van der Waals surface area contributed by atoms with Crippen molar-refractivity contribution in [3.05, 3.63) is 88.4 Å². The Hall–Kier alpha value is -1.96. The number of fused-ring (bicyclic) bond motifs is 3. The maximum absolute atomic E-state index is 7.19. The van der Waals surface area contributed by atoms with Crippen LogP contribution in [0.2, 0.25) is 5.02 Å². The molecule has 3 aromatic carbocycles. The molecule has 2 N–H and O–H groups in total. The molecule has 108 valence electrons. The molecule has 0 atom stereocenters. The average Bonchev–Trinajstić information content (AvgIpc) is 2.79. The lowest BCUT2D eigenvalue weighted by Gasteiger charge is -2.26. The Kier molecular flexibility index (Phi) is 2.97. The van der Waals surface area contributed by atoms with Gasteiger partial charge in [-0.15, -0.1) is 11.6 Å². The zero-order valence-corrected chi connectivity index (χ0v) is 13.2. The van der Waals surface area contributed by atoms with Crippen molar-refractivity contribution in [2.75, 3.05) is 5.73 Å². The molecular weight excluding hydrogens is 313 g/mol. The van der Waals surface area contributed by atoms with Crippen LogP contribution in [-0.2, 0) is 4.87 Å². The van der Waals surface area contributed by atoms with E-state index in [9.17, 15) is 0 Å². The molecule has 0 amide bonds. The first kappa shape index (κ1) is 13.7. The first-order chi connectivity index (χ1) is 10.6. The highest BCUT2D eigenvalue weighted by atomic mass is 35.5. The van der Waals surface area contributed by atoms with Crippen LogP contribution < -0.4 is 5.73 Å². The zero-order chi connectivity index (χ0) is 15.3. The van der Waals surface area contributed by atoms with Crippen molar-refractivity contribution in [1.82, 2.24) is 0 Å². The van der Waals surface area contributed by atoms with E-state index < -0.39 is 4.87 Å². The van der Waals surface area contributed by atoms with Crippen molar-refractivity contribution in [2.24, 2.45) is 0 Å². The lowest BCUT2D eigenvalue weighted by molar-refractivity contribution is 0.912. The summed E-state index contributed by atoms with van der Waals surface area (Å²) >= 11 is 13.7. The van der Waals surface area contributed by atoms with Crippen LogP contribution in [0.1, 0.15) is 16.7 Å². The monoisotopic (exact) mass is 325 g/mol. The summed E-state index contributed by atoms with van der Waals surface area (Å²) in [6.45, 7) is 0. The van der Waals surface area contributed by atoms with E-state index in [4.69, 9.17) is 28.9 Å². The van der Waals surface area contributed by atoms with Crippen LogP contribution in [0.15, 0.2) is 66.7 Å². The van der Waals surface area contributed by atoms with E-state index in [1.807, 2.05) is 36.4 Å². The van der Waals surface area contributed by atoms with Gasteiger partial charge in [0, 0.05) is 16.3 Å². The minimum atomic E-state index is -0.780. The molecule has 0 saturated heterocycles. The molecule has 0 radical (unpaired) electrons. The number of nitrogen functional groups attached to an aromatic ring is 1. The number of nitrogens with two attached hydrogens (primary N) is 1. The number of alkyl halides is 1. The summed E-state index contributed by atoms with van der Waals surface area (Å²) in [5.41, 5.74) is 11.8. The Balaban J connectivity index is 2.09. The summed E-state index contributed by atoms with van der Waals surface area (Å²) in [5, 5.41) is 0.585. The van der Waals surface area contributed by atoms with Gasteiger partial charge in [-0.05, 0) is 34.4 Å². The summed E-state index contributed by atoms with van der Waals surface area (Å²) in [6.07, 6.45) is 0. The topological polar surface area (TPSA) is 26.0 Å². The van der Waals surface area contributed by atoms with Crippen molar-refractivity contribution < 1.29 is 0 Å². The first-order valence-corrected chi connectivity index (χ1v) is 7.82. The smallest absolute Gasteiger partial charge is 0.122 e. The van der Waals surface area contributed by atoms with E-state index in [2.05, 4.69) is 24.3 Å². The number of rotatable bonds is 1. The minimum Gasteiger partial charge on any atom is -0.399 e. The molecule has 0 bridgehead atoms. The SMILES string of the molecule is Nc1ccc(C2(Cl)c3ccccc3-c3ccccc32)c(Cl)c1.